The number of hydrogen-bond donors (Lipinski definition) is 0. The van der Waals surface area contributed by atoms with Crippen LogP contribution in [0, 0.1) is 0 Å². The van der Waals surface area contributed by atoms with Gasteiger partial charge in [-0.1, -0.05) is 20.8 Å². The minimum absolute atomic E-state index is 0.175. The van der Waals surface area contributed by atoms with Gasteiger partial charge < -0.3 is 9.15 Å². The number of ether oxygens (including phenoxy) is 1. The Morgan fingerprint density at radius 3 is 2.73 bits per heavy atom. The summed E-state index contributed by atoms with van der Waals surface area (Å²) in [5.74, 6) is 1.82. The van der Waals surface area contributed by atoms with Crippen LogP contribution in [-0.4, -0.2) is 34.6 Å². The molecule has 0 spiro atoms. The minimum Gasteiger partial charge on any atom is -0.472 e. The lowest BCUT2D eigenvalue weighted by atomic mass is 9.88. The van der Waals surface area contributed by atoms with E-state index in [-0.39, 0.29) is 12.0 Å². The summed E-state index contributed by atoms with van der Waals surface area (Å²) in [5, 5.41) is 17.2. The van der Waals surface area contributed by atoms with E-state index >= 15 is 0 Å². The highest BCUT2D eigenvalue weighted by atomic mass is 16.5. The summed E-state index contributed by atoms with van der Waals surface area (Å²) in [7, 11) is 1.82. The first-order chi connectivity index (χ1) is 12.4. The predicted molar refractivity (Wildman–Crippen MR) is 92.5 cm³/mol. The number of rotatable bonds is 4. The molecule has 9 nitrogen and oxygen atoms in total. The van der Waals surface area contributed by atoms with Crippen molar-refractivity contribution < 1.29 is 9.15 Å². The average Bonchev–Trinajstić information content (AvgIpc) is 3.31. The van der Waals surface area contributed by atoms with E-state index in [1.54, 1.807) is 21.7 Å². The molecule has 0 atom stereocenters. The molecule has 0 amide bonds. The lowest BCUT2D eigenvalue weighted by molar-refractivity contribution is 0.266. The molecule has 4 rings (SSSR count). The van der Waals surface area contributed by atoms with Gasteiger partial charge in [-0.2, -0.15) is 9.61 Å². The van der Waals surface area contributed by atoms with Crippen molar-refractivity contribution in [3.05, 3.63) is 42.4 Å². The molecule has 0 saturated carbocycles. The Morgan fingerprint density at radius 2 is 2.08 bits per heavy atom. The van der Waals surface area contributed by atoms with Crippen molar-refractivity contribution >= 4 is 5.65 Å². The van der Waals surface area contributed by atoms with E-state index in [0.29, 0.717) is 23.2 Å². The molecule has 0 unspecified atom stereocenters. The lowest BCUT2D eigenvalue weighted by Gasteiger charge is -2.21. The smallest absolute Gasteiger partial charge is 0.236 e. The standard InChI is InChI=1S/C17H19N7O2/c1-17(2,3)12-7-13-20-21-15(11-5-6-25-8-11)24(13)22-16(12)26-9-14-18-10-19-23(14)4/h5-8,10H,9H2,1-4H3. The van der Waals surface area contributed by atoms with Gasteiger partial charge in [0.25, 0.3) is 0 Å². The predicted octanol–water partition coefficient (Wildman–Crippen LogP) is 2.39. The quantitative estimate of drug-likeness (QED) is 0.556. The molecule has 0 aliphatic rings. The highest BCUT2D eigenvalue weighted by Crippen LogP contribution is 2.32. The maximum absolute atomic E-state index is 6.00. The summed E-state index contributed by atoms with van der Waals surface area (Å²) in [6.07, 6.45) is 4.69. The summed E-state index contributed by atoms with van der Waals surface area (Å²) in [6, 6.07) is 3.77. The van der Waals surface area contributed by atoms with Crippen molar-refractivity contribution in [3.8, 4) is 17.3 Å². The molecule has 4 aromatic heterocycles. The fraction of sp³-hybridized carbons (Fsp3) is 0.353. The first-order valence-electron chi connectivity index (χ1n) is 8.18. The van der Waals surface area contributed by atoms with Gasteiger partial charge in [-0.25, -0.2) is 4.98 Å². The van der Waals surface area contributed by atoms with Crippen molar-refractivity contribution in [1.82, 2.24) is 34.6 Å². The fourth-order valence-corrected chi connectivity index (χ4v) is 2.62. The monoisotopic (exact) mass is 353 g/mol. The summed E-state index contributed by atoms with van der Waals surface area (Å²) in [6.45, 7) is 6.57. The molecule has 26 heavy (non-hydrogen) atoms. The highest BCUT2D eigenvalue weighted by Gasteiger charge is 2.24. The van der Waals surface area contributed by atoms with Crippen molar-refractivity contribution in [2.45, 2.75) is 32.8 Å². The third-order valence-corrected chi connectivity index (χ3v) is 4.09. The SMILES string of the molecule is Cn1ncnc1COc1nn2c(-c3ccoc3)nnc2cc1C(C)(C)C. The topological polar surface area (TPSA) is 96.2 Å². The van der Waals surface area contributed by atoms with Crippen molar-refractivity contribution in [2.75, 3.05) is 0 Å². The highest BCUT2D eigenvalue weighted by molar-refractivity contribution is 5.58. The van der Waals surface area contributed by atoms with Crippen molar-refractivity contribution in [2.24, 2.45) is 7.05 Å². The van der Waals surface area contributed by atoms with Crippen LogP contribution >= 0.6 is 0 Å². The molecular formula is C17H19N7O2. The maximum Gasteiger partial charge on any atom is 0.236 e. The molecule has 0 aliphatic heterocycles. The maximum atomic E-state index is 6.00. The third-order valence-electron chi connectivity index (χ3n) is 4.09. The number of nitrogens with zero attached hydrogens (tertiary/aromatic N) is 7. The Labute approximate surface area is 149 Å². The first-order valence-corrected chi connectivity index (χ1v) is 8.18. The van der Waals surface area contributed by atoms with Gasteiger partial charge in [0.2, 0.25) is 5.88 Å². The zero-order valence-electron chi connectivity index (χ0n) is 15.0. The molecule has 0 saturated heterocycles. The van der Waals surface area contributed by atoms with Gasteiger partial charge >= 0.3 is 0 Å². The van der Waals surface area contributed by atoms with Crippen LogP contribution in [0.15, 0.2) is 35.4 Å². The van der Waals surface area contributed by atoms with Gasteiger partial charge in [-0.15, -0.1) is 15.3 Å². The van der Waals surface area contributed by atoms with Gasteiger partial charge in [0.15, 0.2) is 17.3 Å². The minimum atomic E-state index is -0.175. The number of hydrogen-bond acceptors (Lipinski definition) is 7. The molecular weight excluding hydrogens is 334 g/mol. The molecule has 9 heteroatoms. The third kappa shape index (κ3) is 2.81. The molecule has 0 aliphatic carbocycles. The molecule has 4 aromatic rings. The van der Waals surface area contributed by atoms with Crippen molar-refractivity contribution in [1.29, 1.82) is 0 Å². The summed E-state index contributed by atoms with van der Waals surface area (Å²) < 4.78 is 14.5. The summed E-state index contributed by atoms with van der Waals surface area (Å²) in [4.78, 5) is 4.19. The van der Waals surface area contributed by atoms with Crippen LogP contribution in [0.2, 0.25) is 0 Å². The Kier molecular flexibility index (Phi) is 3.71. The van der Waals surface area contributed by atoms with E-state index in [9.17, 15) is 0 Å². The van der Waals surface area contributed by atoms with Gasteiger partial charge in [0.1, 0.15) is 19.2 Å². The lowest BCUT2D eigenvalue weighted by Crippen LogP contribution is -2.17. The van der Waals surface area contributed by atoms with Crippen LogP contribution in [0.4, 0.5) is 0 Å². The number of furan rings is 1. The van der Waals surface area contributed by atoms with E-state index in [4.69, 9.17) is 9.15 Å². The fourth-order valence-electron chi connectivity index (χ4n) is 2.62. The molecule has 134 valence electrons. The molecule has 0 radical (unpaired) electrons. The number of aromatic nitrogens is 7. The molecule has 0 fully saturated rings. The van der Waals surface area contributed by atoms with Crippen LogP contribution in [0.3, 0.4) is 0 Å². The van der Waals surface area contributed by atoms with E-state index in [1.165, 1.54) is 6.33 Å². The normalized spacial score (nSPS) is 12.0. The first kappa shape index (κ1) is 16.2. The summed E-state index contributed by atoms with van der Waals surface area (Å²) >= 11 is 0. The molecule has 4 heterocycles. The zero-order chi connectivity index (χ0) is 18.3. The Morgan fingerprint density at radius 1 is 1.23 bits per heavy atom. The van der Waals surface area contributed by atoms with Gasteiger partial charge in [0, 0.05) is 12.6 Å². The average molecular weight is 353 g/mol. The van der Waals surface area contributed by atoms with Crippen LogP contribution in [0.25, 0.3) is 17.0 Å². The largest absolute Gasteiger partial charge is 0.472 e. The van der Waals surface area contributed by atoms with E-state index in [1.807, 2.05) is 19.2 Å². The second-order valence-corrected chi connectivity index (χ2v) is 7.01. The number of fused-ring (bicyclic) bond motifs is 1. The molecule has 0 aromatic carbocycles. The van der Waals surface area contributed by atoms with Gasteiger partial charge in [-0.3, -0.25) is 4.68 Å². The Hall–Kier alpha value is -3.23. The Bertz CT molecular complexity index is 1040. The molecule has 0 bridgehead atoms. The number of aryl methyl sites for hydroxylation is 1. The Balaban J connectivity index is 1.79. The van der Waals surface area contributed by atoms with Gasteiger partial charge in [-0.05, 0) is 17.5 Å². The molecule has 0 N–H and O–H groups in total. The van der Waals surface area contributed by atoms with E-state index < -0.39 is 0 Å². The van der Waals surface area contributed by atoms with Crippen LogP contribution in [-0.2, 0) is 19.1 Å². The second kappa shape index (κ2) is 5.94. The van der Waals surface area contributed by atoms with Gasteiger partial charge in [0.05, 0.1) is 11.8 Å². The van der Waals surface area contributed by atoms with Crippen LogP contribution in [0.5, 0.6) is 5.88 Å². The second-order valence-electron chi connectivity index (χ2n) is 7.01. The van der Waals surface area contributed by atoms with Crippen LogP contribution in [0.1, 0.15) is 32.2 Å². The summed E-state index contributed by atoms with van der Waals surface area (Å²) in [5.41, 5.74) is 2.22. The van der Waals surface area contributed by atoms with E-state index in [2.05, 4.69) is 46.1 Å². The van der Waals surface area contributed by atoms with Crippen molar-refractivity contribution in [3.63, 3.8) is 0 Å². The van der Waals surface area contributed by atoms with E-state index in [0.717, 1.165) is 11.1 Å². The zero-order valence-corrected chi connectivity index (χ0v) is 15.0. The van der Waals surface area contributed by atoms with Crippen LogP contribution < -0.4 is 4.74 Å².